The Kier molecular flexibility index (Phi) is 8.22. The van der Waals surface area contributed by atoms with Gasteiger partial charge in [0.15, 0.2) is 0 Å². The molecule has 0 aliphatic heterocycles. The van der Waals surface area contributed by atoms with Gasteiger partial charge in [0.25, 0.3) is 0 Å². The first kappa shape index (κ1) is 21.1. The van der Waals surface area contributed by atoms with Gasteiger partial charge in [-0.05, 0) is 6.42 Å². The van der Waals surface area contributed by atoms with Gasteiger partial charge in [0.05, 0.1) is 24.5 Å². The van der Waals surface area contributed by atoms with Crippen molar-refractivity contribution in [3.05, 3.63) is 18.2 Å². The number of carboxylic acid groups (broad SMARTS) is 2. The van der Waals surface area contributed by atoms with E-state index in [1.807, 2.05) is 6.92 Å². The lowest BCUT2D eigenvalue weighted by molar-refractivity contribution is -0.147. The van der Waals surface area contributed by atoms with Gasteiger partial charge in [0, 0.05) is 12.6 Å². The van der Waals surface area contributed by atoms with Gasteiger partial charge in [-0.15, -0.1) is 0 Å². The molecule has 0 saturated carbocycles. The van der Waals surface area contributed by atoms with Crippen molar-refractivity contribution in [3.63, 3.8) is 0 Å². The molecule has 0 unspecified atom stereocenters. The van der Waals surface area contributed by atoms with Crippen LogP contribution in [0.2, 0.25) is 0 Å². The summed E-state index contributed by atoms with van der Waals surface area (Å²) in [4.78, 5) is 53.1. The Morgan fingerprint density at radius 2 is 1.85 bits per heavy atom. The fraction of sp³-hybridized carbons (Fsp3) is 0.533. The summed E-state index contributed by atoms with van der Waals surface area (Å²) in [5.41, 5.74) is 6.19. The number of amides is 2. The molecule has 1 aromatic heterocycles. The zero-order chi connectivity index (χ0) is 19.7. The number of hydrogen-bond donors (Lipinski definition) is 6. The number of rotatable bonds is 11. The molecule has 0 bridgehead atoms. The van der Waals surface area contributed by atoms with Crippen LogP contribution in [0.5, 0.6) is 0 Å². The highest BCUT2D eigenvalue weighted by Crippen LogP contribution is 2.03. The third-order valence-corrected chi connectivity index (χ3v) is 3.53. The van der Waals surface area contributed by atoms with Crippen LogP contribution in [0.4, 0.5) is 0 Å². The van der Waals surface area contributed by atoms with Crippen molar-refractivity contribution in [2.24, 2.45) is 5.73 Å². The maximum atomic E-state index is 12.4. The minimum Gasteiger partial charge on any atom is -0.481 e. The molecule has 26 heavy (non-hydrogen) atoms. The van der Waals surface area contributed by atoms with E-state index in [9.17, 15) is 19.2 Å². The molecule has 0 aliphatic carbocycles. The monoisotopic (exact) mass is 369 g/mol. The first-order valence-electron chi connectivity index (χ1n) is 8.03. The normalized spacial score (nSPS) is 14.1. The van der Waals surface area contributed by atoms with Gasteiger partial charge in [0.2, 0.25) is 11.8 Å². The van der Waals surface area contributed by atoms with E-state index in [0.717, 1.165) is 0 Å². The summed E-state index contributed by atoms with van der Waals surface area (Å²) in [5.74, 6) is -4.27. The maximum absolute atomic E-state index is 12.4. The number of carbonyl (C=O) groups is 4. The molecular formula is C15H23N5O6. The molecular weight excluding hydrogens is 346 g/mol. The zero-order valence-corrected chi connectivity index (χ0v) is 14.3. The number of carboxylic acids is 2. The number of nitrogens with one attached hydrogen (secondary N) is 3. The van der Waals surface area contributed by atoms with Crippen LogP contribution in [-0.2, 0) is 25.6 Å². The third kappa shape index (κ3) is 6.89. The predicted molar refractivity (Wildman–Crippen MR) is 88.9 cm³/mol. The van der Waals surface area contributed by atoms with Crippen LogP contribution in [0.3, 0.4) is 0 Å². The lowest BCUT2D eigenvalue weighted by atomic mass is 10.1. The number of H-pyrrole nitrogens is 1. The van der Waals surface area contributed by atoms with Crippen LogP contribution in [-0.4, -0.2) is 62.1 Å². The average Bonchev–Trinajstić information content (AvgIpc) is 3.06. The summed E-state index contributed by atoms with van der Waals surface area (Å²) in [6.45, 7) is 1.85. The van der Waals surface area contributed by atoms with E-state index in [-0.39, 0.29) is 6.42 Å². The SMILES string of the molecule is CCC[C@H](N)C(=O)N[C@@H](Cc1c[nH]cn1)C(=O)N[C@@H](CC(=O)O)C(=O)O. The number of aliphatic carboxylic acids is 2. The smallest absolute Gasteiger partial charge is 0.326 e. The number of hydrogen-bond acceptors (Lipinski definition) is 6. The number of carbonyl (C=O) groups excluding carboxylic acids is 2. The number of imidazole rings is 1. The van der Waals surface area contributed by atoms with Crippen LogP contribution in [0.1, 0.15) is 31.9 Å². The second-order valence-corrected chi connectivity index (χ2v) is 5.72. The van der Waals surface area contributed by atoms with Gasteiger partial charge in [0.1, 0.15) is 12.1 Å². The molecule has 2 amide bonds. The Morgan fingerprint density at radius 3 is 2.35 bits per heavy atom. The highest BCUT2D eigenvalue weighted by atomic mass is 16.4. The van der Waals surface area contributed by atoms with E-state index < -0.39 is 48.3 Å². The fourth-order valence-corrected chi connectivity index (χ4v) is 2.19. The lowest BCUT2D eigenvalue weighted by Crippen LogP contribution is -2.55. The first-order valence-corrected chi connectivity index (χ1v) is 8.03. The zero-order valence-electron chi connectivity index (χ0n) is 14.3. The summed E-state index contributed by atoms with van der Waals surface area (Å²) in [6, 6.07) is -3.59. The van der Waals surface area contributed by atoms with Gasteiger partial charge in [-0.2, -0.15) is 0 Å². The Bertz CT molecular complexity index is 632. The molecule has 0 radical (unpaired) electrons. The minimum absolute atomic E-state index is 0.0146. The summed E-state index contributed by atoms with van der Waals surface area (Å²) >= 11 is 0. The molecule has 0 aromatic carbocycles. The van der Waals surface area contributed by atoms with Gasteiger partial charge in [-0.1, -0.05) is 13.3 Å². The quantitative estimate of drug-likeness (QED) is 0.275. The third-order valence-electron chi connectivity index (χ3n) is 3.53. The van der Waals surface area contributed by atoms with Crippen molar-refractivity contribution in [1.29, 1.82) is 0 Å². The topological polar surface area (TPSA) is 187 Å². The molecule has 7 N–H and O–H groups in total. The second-order valence-electron chi connectivity index (χ2n) is 5.72. The van der Waals surface area contributed by atoms with Crippen LogP contribution in [0.25, 0.3) is 0 Å². The first-order chi connectivity index (χ1) is 12.2. The largest absolute Gasteiger partial charge is 0.481 e. The van der Waals surface area contributed by atoms with Gasteiger partial charge < -0.3 is 31.6 Å². The van der Waals surface area contributed by atoms with Crippen molar-refractivity contribution in [2.75, 3.05) is 0 Å². The number of aromatic amines is 1. The lowest BCUT2D eigenvalue weighted by Gasteiger charge is -2.22. The summed E-state index contributed by atoms with van der Waals surface area (Å²) in [7, 11) is 0. The van der Waals surface area contributed by atoms with Crippen molar-refractivity contribution < 1.29 is 29.4 Å². The van der Waals surface area contributed by atoms with Gasteiger partial charge in [-0.3, -0.25) is 14.4 Å². The standard InChI is InChI=1S/C15H23N5O6/c1-2-3-9(16)13(23)19-10(4-8-6-17-7-18-8)14(24)20-11(15(25)26)5-12(21)22/h6-7,9-11H,2-5,16H2,1H3,(H,17,18)(H,19,23)(H,20,24)(H,21,22)(H,25,26)/t9-,10-,11-/m0/s1. The molecule has 1 rings (SSSR count). The molecule has 0 saturated heterocycles. The predicted octanol–water partition coefficient (Wildman–Crippen LogP) is -1.39. The molecule has 11 nitrogen and oxygen atoms in total. The Balaban J connectivity index is 2.88. The number of aromatic nitrogens is 2. The molecule has 1 aromatic rings. The Hall–Kier alpha value is -2.95. The van der Waals surface area contributed by atoms with Gasteiger partial charge >= 0.3 is 11.9 Å². The molecule has 11 heteroatoms. The molecule has 0 aliphatic rings. The van der Waals surface area contributed by atoms with Gasteiger partial charge in [-0.25, -0.2) is 9.78 Å². The van der Waals surface area contributed by atoms with Crippen molar-refractivity contribution >= 4 is 23.8 Å². The van der Waals surface area contributed by atoms with Crippen molar-refractivity contribution in [1.82, 2.24) is 20.6 Å². The molecule has 0 spiro atoms. The maximum Gasteiger partial charge on any atom is 0.326 e. The van der Waals surface area contributed by atoms with Crippen molar-refractivity contribution in [2.45, 2.75) is 50.7 Å². The highest BCUT2D eigenvalue weighted by Gasteiger charge is 2.29. The minimum atomic E-state index is -1.62. The van der Waals surface area contributed by atoms with Crippen LogP contribution in [0.15, 0.2) is 12.5 Å². The van der Waals surface area contributed by atoms with E-state index in [0.29, 0.717) is 18.5 Å². The molecule has 3 atom stereocenters. The highest BCUT2D eigenvalue weighted by molar-refractivity contribution is 5.92. The van der Waals surface area contributed by atoms with Crippen LogP contribution in [0, 0.1) is 0 Å². The summed E-state index contributed by atoms with van der Waals surface area (Å²) < 4.78 is 0. The Morgan fingerprint density at radius 1 is 1.19 bits per heavy atom. The van der Waals surface area contributed by atoms with E-state index in [1.165, 1.54) is 12.5 Å². The van der Waals surface area contributed by atoms with Crippen LogP contribution >= 0.6 is 0 Å². The van der Waals surface area contributed by atoms with Crippen molar-refractivity contribution in [3.8, 4) is 0 Å². The fourth-order valence-electron chi connectivity index (χ4n) is 2.19. The molecule has 144 valence electrons. The average molecular weight is 369 g/mol. The van der Waals surface area contributed by atoms with E-state index in [2.05, 4.69) is 20.6 Å². The van der Waals surface area contributed by atoms with Crippen LogP contribution < -0.4 is 16.4 Å². The Labute approximate surface area is 149 Å². The van der Waals surface area contributed by atoms with E-state index >= 15 is 0 Å². The second kappa shape index (κ2) is 10.1. The molecule has 0 fully saturated rings. The van der Waals surface area contributed by atoms with E-state index in [4.69, 9.17) is 15.9 Å². The summed E-state index contributed by atoms with van der Waals surface area (Å²) in [6.07, 6.45) is 3.19. The number of nitrogens with zero attached hydrogens (tertiary/aromatic N) is 1. The number of nitrogens with two attached hydrogens (primary N) is 1. The van der Waals surface area contributed by atoms with E-state index in [1.54, 1.807) is 0 Å². The summed E-state index contributed by atoms with van der Waals surface area (Å²) in [5, 5.41) is 22.4. The molecule has 1 heterocycles.